The number of carbonyl (C=O) groups excluding carboxylic acids is 2. The molecule has 2 heterocycles. The van der Waals surface area contributed by atoms with Gasteiger partial charge in [0.25, 0.3) is 5.91 Å². The summed E-state index contributed by atoms with van der Waals surface area (Å²) in [5.41, 5.74) is 0.181. The SMILES string of the molecule is Cc1ncoc1C(=O)N1CCC(Nc2cccc(F)c2)(C(=O)N(C)C)CC1. The lowest BCUT2D eigenvalue weighted by Crippen LogP contribution is -2.58. The third-order valence-electron chi connectivity index (χ3n) is 4.87. The lowest BCUT2D eigenvalue weighted by Gasteiger charge is -2.42. The molecule has 2 amide bonds. The topological polar surface area (TPSA) is 78.7 Å². The van der Waals surface area contributed by atoms with Gasteiger partial charge in [-0.2, -0.15) is 0 Å². The Labute approximate surface area is 157 Å². The van der Waals surface area contributed by atoms with E-state index in [1.807, 2.05) is 0 Å². The van der Waals surface area contributed by atoms with Gasteiger partial charge in [0.1, 0.15) is 11.4 Å². The third kappa shape index (κ3) is 3.79. The first-order valence-electron chi connectivity index (χ1n) is 8.77. The van der Waals surface area contributed by atoms with Gasteiger partial charge in [-0.3, -0.25) is 9.59 Å². The Hall–Kier alpha value is -2.90. The van der Waals surface area contributed by atoms with Crippen LogP contribution in [-0.2, 0) is 4.79 Å². The van der Waals surface area contributed by atoms with Crippen LogP contribution in [0.2, 0.25) is 0 Å². The van der Waals surface area contributed by atoms with E-state index in [1.54, 1.807) is 38.1 Å². The highest BCUT2D eigenvalue weighted by atomic mass is 19.1. The molecule has 1 aliphatic heterocycles. The summed E-state index contributed by atoms with van der Waals surface area (Å²) in [7, 11) is 3.37. The number of benzene rings is 1. The maximum absolute atomic E-state index is 13.6. The van der Waals surface area contributed by atoms with Crippen LogP contribution in [0.1, 0.15) is 29.1 Å². The lowest BCUT2D eigenvalue weighted by atomic mass is 9.85. The van der Waals surface area contributed by atoms with Gasteiger partial charge in [-0.25, -0.2) is 9.37 Å². The van der Waals surface area contributed by atoms with Crippen molar-refractivity contribution in [3.05, 3.63) is 47.9 Å². The lowest BCUT2D eigenvalue weighted by molar-refractivity contribution is -0.135. The number of nitrogens with zero attached hydrogens (tertiary/aromatic N) is 3. The van der Waals surface area contributed by atoms with Gasteiger partial charge in [-0.15, -0.1) is 0 Å². The van der Waals surface area contributed by atoms with Crippen molar-refractivity contribution in [2.45, 2.75) is 25.3 Å². The quantitative estimate of drug-likeness (QED) is 0.888. The van der Waals surface area contributed by atoms with E-state index in [0.29, 0.717) is 37.3 Å². The van der Waals surface area contributed by atoms with Crippen molar-refractivity contribution >= 4 is 17.5 Å². The molecule has 0 bridgehead atoms. The minimum absolute atomic E-state index is 0.102. The Morgan fingerprint density at radius 3 is 2.56 bits per heavy atom. The number of likely N-dealkylation sites (N-methyl/N-ethyl adjacent to an activating group) is 1. The molecule has 0 unspecified atom stereocenters. The van der Waals surface area contributed by atoms with Crippen LogP contribution in [0, 0.1) is 12.7 Å². The van der Waals surface area contributed by atoms with Crippen LogP contribution >= 0.6 is 0 Å². The minimum Gasteiger partial charge on any atom is -0.438 e. The largest absolute Gasteiger partial charge is 0.438 e. The molecule has 8 heteroatoms. The fourth-order valence-corrected chi connectivity index (χ4v) is 3.41. The Bertz CT molecular complexity index is 841. The Morgan fingerprint density at radius 2 is 2.00 bits per heavy atom. The van der Waals surface area contributed by atoms with Crippen molar-refractivity contribution < 1.29 is 18.4 Å². The van der Waals surface area contributed by atoms with Gasteiger partial charge in [0, 0.05) is 32.9 Å². The number of amides is 2. The summed E-state index contributed by atoms with van der Waals surface area (Å²) in [4.78, 5) is 32.7. The summed E-state index contributed by atoms with van der Waals surface area (Å²) in [6.45, 7) is 2.47. The molecule has 0 atom stereocenters. The van der Waals surface area contributed by atoms with E-state index in [9.17, 15) is 14.0 Å². The fraction of sp³-hybridized carbons (Fsp3) is 0.421. The number of halogens is 1. The third-order valence-corrected chi connectivity index (χ3v) is 4.87. The van der Waals surface area contributed by atoms with Crippen LogP contribution in [0.5, 0.6) is 0 Å². The number of anilines is 1. The molecule has 0 aliphatic carbocycles. The van der Waals surface area contributed by atoms with Crippen LogP contribution < -0.4 is 5.32 Å². The van der Waals surface area contributed by atoms with Crippen molar-refractivity contribution in [1.82, 2.24) is 14.8 Å². The standard InChI is InChI=1S/C19H23FN4O3/c1-13-16(27-12-21-13)17(25)24-9-7-19(8-10-24,18(26)23(2)3)22-15-6-4-5-14(20)11-15/h4-6,11-12,22H,7-10H2,1-3H3. The Kier molecular flexibility index (Phi) is 5.16. The molecule has 1 saturated heterocycles. The molecule has 1 aromatic heterocycles. The second kappa shape index (κ2) is 7.38. The predicted molar refractivity (Wildman–Crippen MR) is 97.8 cm³/mol. The molecule has 27 heavy (non-hydrogen) atoms. The normalized spacial score (nSPS) is 16.1. The number of nitrogens with one attached hydrogen (secondary N) is 1. The summed E-state index contributed by atoms with van der Waals surface area (Å²) >= 11 is 0. The van der Waals surface area contributed by atoms with E-state index in [4.69, 9.17) is 4.42 Å². The van der Waals surface area contributed by atoms with Crippen LogP contribution in [0.15, 0.2) is 35.1 Å². The van der Waals surface area contributed by atoms with Crippen LogP contribution in [0.3, 0.4) is 0 Å². The van der Waals surface area contributed by atoms with E-state index in [0.717, 1.165) is 0 Å². The number of aromatic nitrogens is 1. The molecule has 0 radical (unpaired) electrons. The van der Waals surface area contributed by atoms with E-state index >= 15 is 0 Å². The number of piperidine rings is 1. The molecule has 0 spiro atoms. The maximum atomic E-state index is 13.6. The highest BCUT2D eigenvalue weighted by molar-refractivity contribution is 5.93. The zero-order chi connectivity index (χ0) is 19.6. The van der Waals surface area contributed by atoms with Crippen molar-refractivity contribution in [3.8, 4) is 0 Å². The summed E-state index contributed by atoms with van der Waals surface area (Å²) in [5, 5.41) is 3.22. The second-order valence-electron chi connectivity index (χ2n) is 6.98. The number of carbonyl (C=O) groups is 2. The van der Waals surface area contributed by atoms with Gasteiger partial charge in [0.2, 0.25) is 11.7 Å². The molecule has 0 saturated carbocycles. The average molecular weight is 374 g/mol. The van der Waals surface area contributed by atoms with Crippen molar-refractivity contribution in [1.29, 1.82) is 0 Å². The number of hydrogen-bond donors (Lipinski definition) is 1. The van der Waals surface area contributed by atoms with E-state index < -0.39 is 5.54 Å². The van der Waals surface area contributed by atoms with Crippen LogP contribution in [0.25, 0.3) is 0 Å². The molecular weight excluding hydrogens is 351 g/mol. The summed E-state index contributed by atoms with van der Waals surface area (Å²) in [6.07, 6.45) is 2.05. The van der Waals surface area contributed by atoms with E-state index in [2.05, 4.69) is 10.3 Å². The molecular formula is C19H23FN4O3. The van der Waals surface area contributed by atoms with Crippen LogP contribution in [0.4, 0.5) is 10.1 Å². The Morgan fingerprint density at radius 1 is 1.30 bits per heavy atom. The first-order chi connectivity index (χ1) is 12.8. The molecule has 7 nitrogen and oxygen atoms in total. The van der Waals surface area contributed by atoms with Gasteiger partial charge in [-0.1, -0.05) is 6.07 Å². The van der Waals surface area contributed by atoms with E-state index in [1.165, 1.54) is 23.4 Å². The summed E-state index contributed by atoms with van der Waals surface area (Å²) in [5.74, 6) is -0.489. The summed E-state index contributed by atoms with van der Waals surface area (Å²) < 4.78 is 18.8. The van der Waals surface area contributed by atoms with Crippen LogP contribution in [-0.4, -0.2) is 59.3 Å². The van der Waals surface area contributed by atoms with Crippen molar-refractivity contribution in [3.63, 3.8) is 0 Å². The number of oxazole rings is 1. The Balaban J connectivity index is 1.79. The zero-order valence-corrected chi connectivity index (χ0v) is 15.7. The number of hydrogen-bond acceptors (Lipinski definition) is 5. The minimum atomic E-state index is -0.898. The number of aryl methyl sites for hydroxylation is 1. The number of rotatable bonds is 4. The summed E-state index contributed by atoms with van der Waals surface area (Å²) in [6, 6.07) is 6.03. The van der Waals surface area contributed by atoms with Gasteiger partial charge in [0.15, 0.2) is 6.39 Å². The van der Waals surface area contributed by atoms with Gasteiger partial charge >= 0.3 is 0 Å². The monoisotopic (exact) mass is 374 g/mol. The highest BCUT2D eigenvalue weighted by Crippen LogP contribution is 2.30. The second-order valence-corrected chi connectivity index (χ2v) is 6.98. The number of likely N-dealkylation sites (tertiary alicyclic amines) is 1. The molecule has 1 aromatic carbocycles. The van der Waals surface area contributed by atoms with Gasteiger partial charge < -0.3 is 19.5 Å². The zero-order valence-electron chi connectivity index (χ0n) is 15.7. The molecule has 1 aliphatic rings. The highest BCUT2D eigenvalue weighted by Gasteiger charge is 2.43. The molecule has 2 aromatic rings. The fourth-order valence-electron chi connectivity index (χ4n) is 3.41. The smallest absolute Gasteiger partial charge is 0.291 e. The van der Waals surface area contributed by atoms with Crippen molar-refractivity contribution in [2.24, 2.45) is 0 Å². The molecule has 3 rings (SSSR count). The predicted octanol–water partition coefficient (Wildman–Crippen LogP) is 2.30. The maximum Gasteiger partial charge on any atom is 0.291 e. The van der Waals surface area contributed by atoms with Crippen molar-refractivity contribution in [2.75, 3.05) is 32.5 Å². The molecule has 144 valence electrons. The first kappa shape index (κ1) is 18.9. The van der Waals surface area contributed by atoms with Gasteiger partial charge in [0.05, 0.1) is 5.69 Å². The van der Waals surface area contributed by atoms with Gasteiger partial charge in [-0.05, 0) is 38.0 Å². The average Bonchev–Trinajstić information content (AvgIpc) is 3.07. The molecule has 1 fully saturated rings. The van der Waals surface area contributed by atoms with E-state index in [-0.39, 0.29) is 23.4 Å². The molecule has 1 N–H and O–H groups in total. The first-order valence-corrected chi connectivity index (χ1v) is 8.77.